The van der Waals surface area contributed by atoms with Crippen LogP contribution in [-0.2, 0) is 19.5 Å². The summed E-state index contributed by atoms with van der Waals surface area (Å²) in [5.74, 6) is -0.0888. The van der Waals surface area contributed by atoms with E-state index in [0.29, 0.717) is 36.6 Å². The van der Waals surface area contributed by atoms with Gasteiger partial charge in [-0.15, -0.1) is 0 Å². The summed E-state index contributed by atoms with van der Waals surface area (Å²) in [6.45, 7) is 0.826. The number of carbonyl (C=O) groups excluding carboxylic acids is 1. The van der Waals surface area contributed by atoms with Crippen molar-refractivity contribution in [2.45, 2.75) is 38.4 Å². The molecule has 8 heteroatoms. The molecular formula is C26H22FN5O2. The molecule has 34 heavy (non-hydrogen) atoms. The number of fused-ring (bicyclic) bond motifs is 2. The van der Waals surface area contributed by atoms with Gasteiger partial charge in [0, 0.05) is 37.1 Å². The molecule has 1 aliphatic carbocycles. The molecule has 170 valence electrons. The average Bonchev–Trinajstić information content (AvgIpc) is 3.56. The van der Waals surface area contributed by atoms with Crippen molar-refractivity contribution in [2.75, 3.05) is 5.32 Å². The van der Waals surface area contributed by atoms with Crippen molar-refractivity contribution < 1.29 is 9.18 Å². The van der Waals surface area contributed by atoms with E-state index in [0.717, 1.165) is 40.7 Å². The summed E-state index contributed by atoms with van der Waals surface area (Å²) in [6.07, 6.45) is 4.47. The zero-order valence-electron chi connectivity index (χ0n) is 18.3. The Balaban J connectivity index is 1.25. The fraction of sp³-hybridized carbons (Fsp3) is 0.231. The minimum Gasteiger partial charge on any atom is -0.367 e. The third-order valence-corrected chi connectivity index (χ3v) is 6.43. The second-order valence-electron chi connectivity index (χ2n) is 8.95. The van der Waals surface area contributed by atoms with Crippen LogP contribution in [0.2, 0.25) is 0 Å². The van der Waals surface area contributed by atoms with Crippen LogP contribution in [0.1, 0.15) is 45.6 Å². The van der Waals surface area contributed by atoms with Gasteiger partial charge in [-0.05, 0) is 53.8 Å². The number of hydrogen-bond acceptors (Lipinski definition) is 5. The number of rotatable bonds is 5. The molecule has 2 aromatic carbocycles. The lowest BCUT2D eigenvalue weighted by atomic mass is 10.0. The third kappa shape index (κ3) is 3.81. The number of halogens is 1. The summed E-state index contributed by atoms with van der Waals surface area (Å²) in [6, 6.07) is 14.2. The molecule has 7 nitrogen and oxygen atoms in total. The van der Waals surface area contributed by atoms with Gasteiger partial charge in [-0.1, -0.05) is 24.3 Å². The van der Waals surface area contributed by atoms with Crippen LogP contribution in [0.4, 0.5) is 10.2 Å². The van der Waals surface area contributed by atoms with Gasteiger partial charge in [0.25, 0.3) is 11.5 Å². The first-order valence-electron chi connectivity index (χ1n) is 11.3. The van der Waals surface area contributed by atoms with Crippen LogP contribution < -0.4 is 10.9 Å². The molecule has 4 aromatic rings. The number of benzene rings is 2. The van der Waals surface area contributed by atoms with Crippen molar-refractivity contribution in [1.29, 1.82) is 0 Å². The van der Waals surface area contributed by atoms with Gasteiger partial charge in [0.15, 0.2) is 0 Å². The van der Waals surface area contributed by atoms with Gasteiger partial charge in [-0.25, -0.2) is 14.5 Å². The zero-order valence-corrected chi connectivity index (χ0v) is 18.3. The number of pyridine rings is 1. The number of nitrogens with one attached hydrogen (secondary N) is 2. The van der Waals surface area contributed by atoms with Crippen molar-refractivity contribution in [2.24, 2.45) is 0 Å². The lowest BCUT2D eigenvalue weighted by Crippen LogP contribution is -2.26. The third-order valence-electron chi connectivity index (χ3n) is 6.43. The number of anilines is 1. The molecule has 3 heterocycles. The standard InChI is InChI=1S/C26H22FN5O2/c27-22-8-5-15(10-23-19-3-1-2-4-20(19)25(33)31-30-23)9-21(22)26(34)32-13-16-11-24(29-18-6-7-18)28-12-17(16)14-32/h1-5,8-9,11-12,18H,6-7,10,13-14H2,(H,28,29)(H,31,33). The predicted molar refractivity (Wildman–Crippen MR) is 126 cm³/mol. The summed E-state index contributed by atoms with van der Waals surface area (Å²) in [7, 11) is 0. The summed E-state index contributed by atoms with van der Waals surface area (Å²) in [5, 5.41) is 11.4. The molecule has 2 aliphatic rings. The Labute approximate surface area is 194 Å². The Morgan fingerprint density at radius 2 is 1.88 bits per heavy atom. The normalized spacial score (nSPS) is 14.9. The van der Waals surface area contributed by atoms with Crippen LogP contribution in [0.3, 0.4) is 0 Å². The summed E-state index contributed by atoms with van der Waals surface area (Å²) in [4.78, 5) is 31.4. The van der Waals surface area contributed by atoms with E-state index in [1.807, 2.05) is 18.2 Å². The summed E-state index contributed by atoms with van der Waals surface area (Å²) >= 11 is 0. The van der Waals surface area contributed by atoms with E-state index in [1.165, 1.54) is 6.07 Å². The van der Waals surface area contributed by atoms with E-state index in [1.54, 1.807) is 35.4 Å². The monoisotopic (exact) mass is 455 g/mol. The second kappa shape index (κ2) is 8.06. The van der Waals surface area contributed by atoms with Gasteiger partial charge >= 0.3 is 0 Å². The lowest BCUT2D eigenvalue weighted by Gasteiger charge is -2.16. The average molecular weight is 455 g/mol. The minimum atomic E-state index is -0.557. The molecular weight excluding hydrogens is 433 g/mol. The van der Waals surface area contributed by atoms with Crippen LogP contribution in [0.15, 0.2) is 59.5 Å². The quantitative estimate of drug-likeness (QED) is 0.478. The largest absolute Gasteiger partial charge is 0.367 e. The highest BCUT2D eigenvalue weighted by Gasteiger charge is 2.28. The fourth-order valence-corrected chi connectivity index (χ4v) is 4.46. The number of nitrogens with zero attached hydrogens (tertiary/aromatic N) is 3. The molecule has 0 bridgehead atoms. The van der Waals surface area contributed by atoms with Crippen LogP contribution in [0.25, 0.3) is 10.8 Å². The smallest absolute Gasteiger partial charge is 0.272 e. The maximum absolute atomic E-state index is 14.7. The highest BCUT2D eigenvalue weighted by molar-refractivity contribution is 5.95. The van der Waals surface area contributed by atoms with Crippen molar-refractivity contribution in [3.05, 3.63) is 98.8 Å². The zero-order chi connectivity index (χ0) is 23.2. The molecule has 1 fully saturated rings. The van der Waals surface area contributed by atoms with Gasteiger partial charge in [-0.2, -0.15) is 5.10 Å². The van der Waals surface area contributed by atoms with Gasteiger partial charge in [-0.3, -0.25) is 9.59 Å². The van der Waals surface area contributed by atoms with Crippen molar-refractivity contribution in [3.63, 3.8) is 0 Å². The van der Waals surface area contributed by atoms with E-state index in [-0.39, 0.29) is 17.0 Å². The fourth-order valence-electron chi connectivity index (χ4n) is 4.46. The van der Waals surface area contributed by atoms with E-state index >= 15 is 0 Å². The van der Waals surface area contributed by atoms with E-state index in [4.69, 9.17) is 0 Å². The molecule has 6 rings (SSSR count). The number of carbonyl (C=O) groups is 1. The molecule has 1 saturated carbocycles. The highest BCUT2D eigenvalue weighted by Crippen LogP contribution is 2.29. The van der Waals surface area contributed by atoms with Crippen molar-refractivity contribution in [3.8, 4) is 0 Å². The second-order valence-corrected chi connectivity index (χ2v) is 8.95. The Kier molecular flexibility index (Phi) is 4.86. The minimum absolute atomic E-state index is 0.0309. The number of H-pyrrole nitrogens is 1. The first kappa shape index (κ1) is 20.5. The van der Waals surface area contributed by atoms with Crippen LogP contribution in [0.5, 0.6) is 0 Å². The highest BCUT2D eigenvalue weighted by atomic mass is 19.1. The molecule has 0 atom stereocenters. The summed E-state index contributed by atoms with van der Waals surface area (Å²) in [5.41, 5.74) is 3.19. The Bertz CT molecular complexity index is 1490. The predicted octanol–water partition coefficient (Wildman–Crippen LogP) is 3.78. The van der Waals surface area contributed by atoms with Crippen LogP contribution in [-0.4, -0.2) is 32.0 Å². The lowest BCUT2D eigenvalue weighted by molar-refractivity contribution is 0.0746. The molecule has 0 spiro atoms. The molecule has 2 aromatic heterocycles. The first-order valence-corrected chi connectivity index (χ1v) is 11.3. The Morgan fingerprint density at radius 1 is 1.09 bits per heavy atom. The summed E-state index contributed by atoms with van der Waals surface area (Å²) < 4.78 is 14.7. The van der Waals surface area contributed by atoms with Crippen molar-refractivity contribution in [1.82, 2.24) is 20.1 Å². The topological polar surface area (TPSA) is 91.0 Å². The Morgan fingerprint density at radius 3 is 2.71 bits per heavy atom. The maximum atomic E-state index is 14.7. The van der Waals surface area contributed by atoms with Gasteiger partial charge in [0.1, 0.15) is 11.6 Å². The molecule has 1 aliphatic heterocycles. The Hall–Kier alpha value is -4.07. The first-order chi connectivity index (χ1) is 16.5. The van der Waals surface area contributed by atoms with Crippen LogP contribution in [0, 0.1) is 5.82 Å². The van der Waals surface area contributed by atoms with Crippen molar-refractivity contribution >= 4 is 22.5 Å². The number of aromatic nitrogens is 3. The van der Waals surface area contributed by atoms with E-state index < -0.39 is 5.82 Å². The molecule has 2 N–H and O–H groups in total. The maximum Gasteiger partial charge on any atom is 0.272 e. The molecule has 1 amide bonds. The van der Waals surface area contributed by atoms with E-state index in [9.17, 15) is 14.0 Å². The van der Waals surface area contributed by atoms with Gasteiger partial charge < -0.3 is 10.2 Å². The van der Waals surface area contributed by atoms with Gasteiger partial charge in [0.2, 0.25) is 0 Å². The van der Waals surface area contributed by atoms with Gasteiger partial charge in [0.05, 0.1) is 16.6 Å². The number of aromatic amines is 1. The van der Waals surface area contributed by atoms with E-state index in [2.05, 4.69) is 20.5 Å². The molecule has 0 unspecified atom stereocenters. The number of amides is 1. The molecule has 0 saturated heterocycles. The SMILES string of the molecule is O=C(c1cc(Cc2n[nH]c(=O)c3ccccc23)ccc1F)N1Cc2cnc(NC3CC3)cc2C1. The number of hydrogen-bond donors (Lipinski definition) is 2. The van der Waals surface area contributed by atoms with Crippen LogP contribution >= 0.6 is 0 Å². The molecule has 0 radical (unpaired) electrons.